The van der Waals surface area contributed by atoms with Crippen molar-refractivity contribution in [2.45, 2.75) is 24.7 Å². The Kier molecular flexibility index (Phi) is 6.09. The second-order valence-corrected chi connectivity index (χ2v) is 7.30. The number of halogens is 5. The molecule has 0 atom stereocenters. The molecule has 0 spiro atoms. The molecule has 0 saturated carbocycles. The topological polar surface area (TPSA) is 89.0 Å². The Morgan fingerprint density at radius 1 is 1.27 bits per heavy atom. The van der Waals surface area contributed by atoms with Crippen LogP contribution in [-0.4, -0.2) is 24.3 Å². The van der Waals surface area contributed by atoms with Crippen molar-refractivity contribution in [3.8, 4) is 11.3 Å². The molecule has 1 N–H and O–H groups in total. The van der Waals surface area contributed by atoms with Gasteiger partial charge in [0.25, 0.3) is 16.4 Å². The van der Waals surface area contributed by atoms with Crippen molar-refractivity contribution in [1.82, 2.24) is 14.7 Å². The van der Waals surface area contributed by atoms with Gasteiger partial charge < -0.3 is 0 Å². The van der Waals surface area contributed by atoms with E-state index in [0.717, 1.165) is 12.4 Å². The van der Waals surface area contributed by atoms with E-state index in [9.17, 15) is 26.4 Å². The fourth-order valence-corrected chi connectivity index (χ4v) is 3.80. The van der Waals surface area contributed by atoms with E-state index in [1.807, 2.05) is 0 Å². The molecule has 1 amide bonds. The predicted octanol–water partition coefficient (Wildman–Crippen LogP) is 3.74. The monoisotopic (exact) mass is 427 g/mol. The highest BCUT2D eigenvalue weighted by molar-refractivity contribution is 7.90. The minimum atomic E-state index is -4.42. The van der Waals surface area contributed by atoms with Crippen LogP contribution in [-0.2, 0) is 14.8 Å². The molecule has 0 aliphatic rings. The highest BCUT2D eigenvalue weighted by Crippen LogP contribution is 2.36. The van der Waals surface area contributed by atoms with Gasteiger partial charge in [0.1, 0.15) is 22.7 Å². The Balaban J connectivity index is 2.67. The van der Waals surface area contributed by atoms with Gasteiger partial charge in [-0.15, -0.1) is 0 Å². The number of hydrogen-bond acceptors (Lipinski definition) is 5. The second-order valence-electron chi connectivity index (χ2n) is 4.87. The highest BCUT2D eigenvalue weighted by Gasteiger charge is 2.26. The van der Waals surface area contributed by atoms with Crippen LogP contribution in [0.2, 0.25) is 10.0 Å². The molecule has 1 heterocycles. The summed E-state index contributed by atoms with van der Waals surface area (Å²) in [6.07, 6.45) is -2.43. The van der Waals surface area contributed by atoms with Gasteiger partial charge in [0.15, 0.2) is 0 Å². The number of carbonyl (C=O) groups is 1. The van der Waals surface area contributed by atoms with Gasteiger partial charge in [0, 0.05) is 12.0 Å². The van der Waals surface area contributed by atoms with Crippen LogP contribution in [0.4, 0.5) is 13.2 Å². The molecule has 0 radical (unpaired) electrons. The van der Waals surface area contributed by atoms with Crippen LogP contribution in [0.1, 0.15) is 25.5 Å². The summed E-state index contributed by atoms with van der Waals surface area (Å²) in [6.45, 7) is 1.43. The van der Waals surface area contributed by atoms with E-state index in [2.05, 4.69) is 9.97 Å². The minimum absolute atomic E-state index is 0.125. The molecule has 140 valence electrons. The van der Waals surface area contributed by atoms with Crippen LogP contribution >= 0.6 is 23.2 Å². The zero-order valence-corrected chi connectivity index (χ0v) is 15.3. The number of aromatic nitrogens is 2. The van der Waals surface area contributed by atoms with Gasteiger partial charge in [0.2, 0.25) is 5.91 Å². The van der Waals surface area contributed by atoms with Crippen LogP contribution in [0, 0.1) is 5.82 Å². The number of nitrogens with one attached hydrogen (secondary N) is 1. The Bertz CT molecular complexity index is 971. The standard InChI is InChI=1S/C14H10Cl2F3N3O3S/c1-2-10(23)22-26(24,25)9-3-6(8(17)4-7(9)15)12-11(16)13(14(18)19)21-5-20-12/h3-5,14H,2H2,1H3,(H,22,23). The molecule has 0 bridgehead atoms. The van der Waals surface area contributed by atoms with E-state index in [4.69, 9.17) is 23.2 Å². The van der Waals surface area contributed by atoms with Crippen molar-refractivity contribution in [2.24, 2.45) is 0 Å². The maximum Gasteiger partial charge on any atom is 0.281 e. The molecular weight excluding hydrogens is 418 g/mol. The van der Waals surface area contributed by atoms with Crippen molar-refractivity contribution in [3.05, 3.63) is 40.0 Å². The number of carbonyl (C=O) groups excluding carboxylic acids is 1. The van der Waals surface area contributed by atoms with Gasteiger partial charge in [0.05, 0.1) is 15.7 Å². The summed E-state index contributed by atoms with van der Waals surface area (Å²) in [5, 5.41) is -1.15. The van der Waals surface area contributed by atoms with Crippen molar-refractivity contribution in [3.63, 3.8) is 0 Å². The van der Waals surface area contributed by atoms with Crippen molar-refractivity contribution < 1.29 is 26.4 Å². The number of hydrogen-bond donors (Lipinski definition) is 1. The number of nitrogens with zero attached hydrogens (tertiary/aromatic N) is 2. The fourth-order valence-electron chi connectivity index (χ4n) is 1.92. The summed E-state index contributed by atoms with van der Waals surface area (Å²) in [6, 6.07) is 1.41. The van der Waals surface area contributed by atoms with Crippen LogP contribution in [0.25, 0.3) is 11.3 Å². The zero-order chi connectivity index (χ0) is 19.6. The van der Waals surface area contributed by atoms with E-state index in [1.54, 1.807) is 4.72 Å². The molecule has 2 aromatic rings. The second kappa shape index (κ2) is 7.77. The maximum atomic E-state index is 14.3. The van der Waals surface area contributed by atoms with Gasteiger partial charge in [-0.1, -0.05) is 30.1 Å². The molecule has 1 aromatic carbocycles. The van der Waals surface area contributed by atoms with Gasteiger partial charge >= 0.3 is 0 Å². The Labute approximate surface area is 156 Å². The van der Waals surface area contributed by atoms with Crippen molar-refractivity contribution in [2.75, 3.05) is 0 Å². The minimum Gasteiger partial charge on any atom is -0.274 e. The summed E-state index contributed by atoms with van der Waals surface area (Å²) in [5.74, 6) is -1.86. The SMILES string of the molecule is CCC(=O)NS(=O)(=O)c1cc(-c2ncnc(C(F)F)c2Cl)c(F)cc1Cl. The summed E-state index contributed by atoms with van der Waals surface area (Å²) in [7, 11) is -4.42. The average Bonchev–Trinajstić information content (AvgIpc) is 2.54. The predicted molar refractivity (Wildman–Crippen MR) is 88.0 cm³/mol. The van der Waals surface area contributed by atoms with Crippen molar-refractivity contribution >= 4 is 39.1 Å². The molecule has 0 unspecified atom stereocenters. The van der Waals surface area contributed by atoms with E-state index in [1.165, 1.54) is 6.92 Å². The molecule has 0 aliphatic heterocycles. The van der Waals surface area contributed by atoms with Crippen LogP contribution in [0.15, 0.2) is 23.4 Å². The van der Waals surface area contributed by atoms with Gasteiger partial charge in [-0.3, -0.25) is 4.79 Å². The fraction of sp³-hybridized carbons (Fsp3) is 0.214. The lowest BCUT2D eigenvalue weighted by atomic mass is 10.1. The molecule has 26 heavy (non-hydrogen) atoms. The molecular formula is C14H10Cl2F3N3O3S. The smallest absolute Gasteiger partial charge is 0.274 e. The van der Waals surface area contributed by atoms with E-state index in [0.29, 0.717) is 6.07 Å². The Morgan fingerprint density at radius 3 is 2.50 bits per heavy atom. The number of rotatable bonds is 5. The Morgan fingerprint density at radius 2 is 1.92 bits per heavy atom. The lowest BCUT2D eigenvalue weighted by Crippen LogP contribution is -2.30. The first-order valence-electron chi connectivity index (χ1n) is 6.92. The largest absolute Gasteiger partial charge is 0.281 e. The van der Waals surface area contributed by atoms with E-state index < -0.39 is 60.1 Å². The first kappa shape index (κ1) is 20.4. The van der Waals surface area contributed by atoms with Crippen LogP contribution < -0.4 is 4.72 Å². The summed E-state index contributed by atoms with van der Waals surface area (Å²) < 4.78 is 66.3. The third kappa shape index (κ3) is 4.08. The lowest BCUT2D eigenvalue weighted by molar-refractivity contribution is -0.119. The van der Waals surface area contributed by atoms with Gasteiger partial charge in [-0.2, -0.15) is 0 Å². The average molecular weight is 428 g/mol. The summed E-state index contributed by atoms with van der Waals surface area (Å²) in [5.41, 5.74) is -1.77. The number of sulfonamides is 1. The summed E-state index contributed by atoms with van der Waals surface area (Å²) >= 11 is 11.6. The summed E-state index contributed by atoms with van der Waals surface area (Å²) in [4.78, 5) is 17.7. The molecule has 0 saturated heterocycles. The zero-order valence-electron chi connectivity index (χ0n) is 12.9. The molecule has 0 aliphatic carbocycles. The lowest BCUT2D eigenvalue weighted by Gasteiger charge is -2.12. The Hall–Kier alpha value is -1.91. The number of benzene rings is 1. The number of alkyl halides is 2. The molecule has 1 aromatic heterocycles. The van der Waals surface area contributed by atoms with Crippen molar-refractivity contribution in [1.29, 1.82) is 0 Å². The van der Waals surface area contributed by atoms with Crippen LogP contribution in [0.5, 0.6) is 0 Å². The van der Waals surface area contributed by atoms with Gasteiger partial charge in [-0.05, 0) is 12.1 Å². The molecule has 6 nitrogen and oxygen atoms in total. The van der Waals surface area contributed by atoms with E-state index >= 15 is 0 Å². The maximum absolute atomic E-state index is 14.3. The normalized spacial score (nSPS) is 11.7. The van der Waals surface area contributed by atoms with Crippen LogP contribution in [0.3, 0.4) is 0 Å². The van der Waals surface area contributed by atoms with Gasteiger partial charge in [-0.25, -0.2) is 36.3 Å². The quantitative estimate of drug-likeness (QED) is 0.784. The first-order chi connectivity index (χ1) is 12.1. The molecule has 12 heteroatoms. The number of amides is 1. The molecule has 2 rings (SSSR count). The van der Waals surface area contributed by atoms with E-state index in [-0.39, 0.29) is 6.42 Å². The first-order valence-corrected chi connectivity index (χ1v) is 9.16. The highest BCUT2D eigenvalue weighted by atomic mass is 35.5. The third-order valence-electron chi connectivity index (χ3n) is 3.16. The third-order valence-corrected chi connectivity index (χ3v) is 5.37. The molecule has 0 fully saturated rings.